The van der Waals surface area contributed by atoms with Gasteiger partial charge < -0.3 is 19.2 Å². The van der Waals surface area contributed by atoms with E-state index in [1.807, 2.05) is 13.1 Å². The van der Waals surface area contributed by atoms with Gasteiger partial charge in [0.2, 0.25) is 0 Å². The van der Waals surface area contributed by atoms with Crippen molar-refractivity contribution in [1.82, 2.24) is 0 Å². The van der Waals surface area contributed by atoms with Crippen LogP contribution in [-0.2, 0) is 13.7 Å². The number of rotatable bonds is 6. The first-order valence-electron chi connectivity index (χ1n) is 11.5. The Morgan fingerprint density at radius 3 is 2.48 bits per heavy atom. The van der Waals surface area contributed by atoms with Gasteiger partial charge in [0.25, 0.3) is 0 Å². The summed E-state index contributed by atoms with van der Waals surface area (Å²) in [5, 5.41) is 21.2. The average Bonchev–Trinajstić information content (AvgIpc) is 2.68. The third-order valence-corrected chi connectivity index (χ3v) is 11.6. The van der Waals surface area contributed by atoms with Crippen molar-refractivity contribution in [3.63, 3.8) is 0 Å². The van der Waals surface area contributed by atoms with Crippen molar-refractivity contribution in [3.05, 3.63) is 46.0 Å². The van der Waals surface area contributed by atoms with E-state index >= 15 is 0 Å². The van der Waals surface area contributed by atoms with Crippen LogP contribution >= 0.6 is 8.75 Å². The highest BCUT2D eigenvalue weighted by atomic mass is 31.1. The molecule has 0 saturated carbocycles. The van der Waals surface area contributed by atoms with Crippen LogP contribution in [-0.4, -0.2) is 57.4 Å². The van der Waals surface area contributed by atoms with Gasteiger partial charge in [-0.05, 0) is 67.0 Å². The maximum Gasteiger partial charge on any atom is 0.193 e. The molecule has 33 heavy (non-hydrogen) atoms. The summed E-state index contributed by atoms with van der Waals surface area (Å²) in [6, 6.07) is 1.72. The van der Waals surface area contributed by atoms with E-state index in [9.17, 15) is 19.8 Å². The highest BCUT2D eigenvalue weighted by molar-refractivity contribution is 7.31. The van der Waals surface area contributed by atoms with Crippen LogP contribution in [0, 0.1) is 13.8 Å². The molecular weight excluding hydrogens is 455 g/mol. The smallest absolute Gasteiger partial charge is 0.193 e. The predicted molar refractivity (Wildman–Crippen MR) is 138 cm³/mol. The van der Waals surface area contributed by atoms with E-state index in [4.69, 9.17) is 10.2 Å². The molecule has 182 valence electrons. The van der Waals surface area contributed by atoms with Gasteiger partial charge in [-0.25, -0.2) is 0 Å². The van der Waals surface area contributed by atoms with Crippen LogP contribution in [0.4, 0.5) is 0 Å². The minimum Gasteiger partial charge on any atom is -0.507 e. The zero-order chi connectivity index (χ0) is 26.0. The van der Waals surface area contributed by atoms with Crippen LogP contribution in [0.15, 0.2) is 18.2 Å². The second-order valence-corrected chi connectivity index (χ2v) is 15.3. The van der Waals surface area contributed by atoms with Gasteiger partial charge in [-0.15, -0.1) is 0 Å². The van der Waals surface area contributed by atoms with Gasteiger partial charge >= 0.3 is 0 Å². The zero-order valence-corrected chi connectivity index (χ0v) is 22.7. The number of carbonyl (C=O) groups is 2. The van der Waals surface area contributed by atoms with Gasteiger partial charge in [0, 0.05) is 32.4 Å². The molecule has 6 nitrogen and oxygen atoms in total. The van der Waals surface area contributed by atoms with E-state index in [-0.39, 0.29) is 23.8 Å². The monoisotopic (exact) mass is 493 g/mol. The molecule has 0 radical (unpaired) electrons. The summed E-state index contributed by atoms with van der Waals surface area (Å²) in [7, 11) is -3.88. The van der Waals surface area contributed by atoms with Crippen molar-refractivity contribution in [2.75, 3.05) is 13.3 Å². The molecule has 1 aliphatic rings. The fourth-order valence-electron chi connectivity index (χ4n) is 3.76. The van der Waals surface area contributed by atoms with Crippen LogP contribution < -0.4 is 0 Å². The van der Waals surface area contributed by atoms with Gasteiger partial charge in [-0.1, -0.05) is 26.8 Å². The van der Waals surface area contributed by atoms with Gasteiger partial charge in [-0.2, -0.15) is 0 Å². The van der Waals surface area contributed by atoms with Gasteiger partial charge in [0.05, 0.1) is 14.0 Å². The Morgan fingerprint density at radius 1 is 1.33 bits per heavy atom. The largest absolute Gasteiger partial charge is 0.507 e. The number of aliphatic hydroxyl groups excluding tert-OH is 2. The van der Waals surface area contributed by atoms with E-state index in [1.165, 1.54) is 0 Å². The molecule has 0 aliphatic heterocycles. The van der Waals surface area contributed by atoms with E-state index < -0.39 is 35.1 Å². The van der Waals surface area contributed by atoms with Crippen molar-refractivity contribution < 1.29 is 28.8 Å². The number of aliphatic hydroxyl groups is 2. The molecular formula is C25H37O6PSi. The van der Waals surface area contributed by atoms with Gasteiger partial charge in [-0.3, -0.25) is 9.59 Å². The molecule has 0 amide bonds. The molecule has 1 aromatic rings. The quantitative estimate of drug-likeness (QED) is 0.315. The number of benzene rings is 1. The third kappa shape index (κ3) is 6.09. The Morgan fingerprint density at radius 2 is 1.97 bits per heavy atom. The first-order chi connectivity index (χ1) is 15.6. The second kappa shape index (κ2) is 10.7. The molecule has 2 N–H and O–H groups in total. The molecule has 0 aromatic heterocycles. The van der Waals surface area contributed by atoms with Crippen LogP contribution in [0.3, 0.4) is 0 Å². The van der Waals surface area contributed by atoms with Gasteiger partial charge in [0.1, 0.15) is 11.9 Å². The van der Waals surface area contributed by atoms with Crippen molar-refractivity contribution in [2.24, 2.45) is 0 Å². The summed E-state index contributed by atoms with van der Waals surface area (Å²) in [6.07, 6.45) is 2.20. The molecule has 0 heterocycles. The molecule has 1 aliphatic carbocycles. The molecule has 1 aromatic carbocycles. The molecule has 0 spiro atoms. The normalized spacial score (nSPS) is 24.6. The minimum atomic E-state index is -2.37. The SMILES string of the molecule is [2H]P(C)O[C@@H]1/C=C(\CO)c2cc(C)c(C=O)c(C)c2/C(O)=C/C(=O)[C@@H](O[Si](C)(C)C(C)(C)C)C1. The van der Waals surface area contributed by atoms with E-state index in [1.54, 1.807) is 32.7 Å². The highest BCUT2D eigenvalue weighted by Gasteiger charge is 2.41. The van der Waals surface area contributed by atoms with Crippen LogP contribution in [0.5, 0.6) is 0 Å². The topological polar surface area (TPSA) is 93.1 Å². The predicted octanol–water partition coefficient (Wildman–Crippen LogP) is 5.36. The third-order valence-electron chi connectivity index (χ3n) is 6.64. The Bertz CT molecular complexity index is 1010. The Kier molecular flexibility index (Phi) is 8.46. The molecule has 1 unspecified atom stereocenters. The number of hydrogen-bond donors (Lipinski definition) is 2. The van der Waals surface area contributed by atoms with Crippen molar-refractivity contribution >= 4 is 40.5 Å². The van der Waals surface area contributed by atoms with Crippen LogP contribution in [0.25, 0.3) is 11.3 Å². The fraction of sp³-hybridized carbons (Fsp3) is 0.520. The number of aldehydes is 1. The lowest BCUT2D eigenvalue weighted by Gasteiger charge is -2.39. The molecule has 0 bridgehead atoms. The first-order valence-corrected chi connectivity index (χ1v) is 15.2. The molecule has 2 rings (SSSR count). The second-order valence-electron chi connectivity index (χ2n) is 9.98. The number of carbonyl (C=O) groups excluding carboxylic acids is 2. The lowest BCUT2D eigenvalue weighted by molar-refractivity contribution is -0.122. The standard InChI is InChI=1S/C25H37O6PSi/c1-15-9-19-17(13-26)10-18(30-32-6)11-23(31-33(7,8)25(3,4)5)21(28)12-22(29)24(19)16(2)20(15)14-27/h9-10,12,14,18,23,26,29,32H,11,13H2,1-8H3/b17-10+,22-12-/t18-,23+,32?/m1/s1/i32D. The molecule has 8 heteroatoms. The first kappa shape index (κ1) is 26.0. The van der Waals surface area contributed by atoms with Gasteiger partial charge in [0.15, 0.2) is 20.4 Å². The maximum atomic E-state index is 13.4. The van der Waals surface area contributed by atoms with Crippen molar-refractivity contribution in [2.45, 2.75) is 71.4 Å². The Hall–Kier alpha value is -1.63. The summed E-state index contributed by atoms with van der Waals surface area (Å²) >= 11 is 0. The number of fused-ring (bicyclic) bond motifs is 1. The Balaban J connectivity index is 2.79. The lowest BCUT2D eigenvalue weighted by Crippen LogP contribution is -2.46. The minimum absolute atomic E-state index is 0.150. The lowest BCUT2D eigenvalue weighted by atomic mass is 9.87. The molecule has 3 atom stereocenters. The Labute approximate surface area is 201 Å². The van der Waals surface area contributed by atoms with E-state index in [0.717, 1.165) is 12.4 Å². The van der Waals surface area contributed by atoms with Crippen molar-refractivity contribution in [1.29, 1.82) is 1.28 Å². The molecule has 0 saturated heterocycles. The number of aryl methyl sites for hydroxylation is 1. The maximum absolute atomic E-state index is 13.4. The van der Waals surface area contributed by atoms with E-state index in [2.05, 4.69) is 20.8 Å². The summed E-state index contributed by atoms with van der Waals surface area (Å²) in [4.78, 5) is 25.1. The van der Waals surface area contributed by atoms with Crippen molar-refractivity contribution in [3.8, 4) is 0 Å². The zero-order valence-electron chi connectivity index (χ0n) is 21.9. The number of ketones is 1. The number of hydrogen-bond acceptors (Lipinski definition) is 6. The van der Waals surface area contributed by atoms with E-state index in [0.29, 0.717) is 33.4 Å². The highest BCUT2D eigenvalue weighted by Crippen LogP contribution is 2.39. The summed E-state index contributed by atoms with van der Waals surface area (Å²) in [5.41, 5.74) is 2.96. The summed E-state index contributed by atoms with van der Waals surface area (Å²) in [6.45, 7) is 15.1. The summed E-state index contributed by atoms with van der Waals surface area (Å²) in [5.74, 6) is -0.679. The average molecular weight is 494 g/mol. The van der Waals surface area contributed by atoms with Crippen LogP contribution in [0.2, 0.25) is 18.1 Å². The van der Waals surface area contributed by atoms with Crippen LogP contribution in [0.1, 0.15) is 59.8 Å². The fourth-order valence-corrected chi connectivity index (χ4v) is 5.45. The molecule has 0 fully saturated rings. The summed E-state index contributed by atoms with van der Waals surface area (Å²) < 4.78 is 20.3.